The van der Waals surface area contributed by atoms with Crippen LogP contribution >= 0.6 is 11.3 Å². The maximum Gasteiger partial charge on any atom is 0.233 e. The molecule has 8 heteroatoms. The fourth-order valence-electron chi connectivity index (χ4n) is 3.77. The third kappa shape index (κ3) is 4.87. The zero-order chi connectivity index (χ0) is 20.4. The molecule has 1 atom stereocenters. The number of thiazole rings is 1. The van der Waals surface area contributed by atoms with Crippen LogP contribution in [0.2, 0.25) is 0 Å². The fraction of sp³-hybridized carbons (Fsp3) is 0.524. The van der Waals surface area contributed by atoms with Gasteiger partial charge in [0.1, 0.15) is 0 Å². The van der Waals surface area contributed by atoms with E-state index in [1.807, 2.05) is 12.3 Å². The number of sulfone groups is 1. The molecule has 1 aromatic carbocycles. The minimum absolute atomic E-state index is 0.0939. The Morgan fingerprint density at radius 1 is 1.21 bits per heavy atom. The average molecular weight is 435 g/mol. The van der Waals surface area contributed by atoms with E-state index in [1.54, 1.807) is 24.3 Å². The first-order valence-corrected chi connectivity index (χ1v) is 12.5. The highest BCUT2D eigenvalue weighted by Gasteiger charge is 2.37. The van der Waals surface area contributed by atoms with Gasteiger partial charge in [0.25, 0.3) is 0 Å². The summed E-state index contributed by atoms with van der Waals surface area (Å²) in [5.74, 6) is -0.0315. The summed E-state index contributed by atoms with van der Waals surface area (Å²) in [5.41, 5.74) is 1.72. The van der Waals surface area contributed by atoms with Crippen molar-refractivity contribution in [2.45, 2.75) is 55.1 Å². The number of benzene rings is 1. The molecule has 2 fully saturated rings. The van der Waals surface area contributed by atoms with Crippen molar-refractivity contribution in [2.75, 3.05) is 18.5 Å². The lowest BCUT2D eigenvalue weighted by atomic mass is 9.84. The van der Waals surface area contributed by atoms with E-state index in [1.165, 1.54) is 11.3 Å². The highest BCUT2D eigenvalue weighted by atomic mass is 32.2. The minimum atomic E-state index is -3.23. The number of carbonyl (C=O) groups is 1. The van der Waals surface area contributed by atoms with Gasteiger partial charge in [0.05, 0.1) is 21.8 Å². The summed E-state index contributed by atoms with van der Waals surface area (Å²) >= 11 is 1.41. The smallest absolute Gasteiger partial charge is 0.233 e. The first-order valence-electron chi connectivity index (χ1n) is 10.1. The Hall–Kier alpha value is -1.77. The highest BCUT2D eigenvalue weighted by Crippen LogP contribution is 2.35. The second-order valence-electron chi connectivity index (χ2n) is 7.94. The number of rotatable bonds is 7. The molecule has 0 spiro atoms. The lowest BCUT2D eigenvalue weighted by molar-refractivity contribution is -0.118. The highest BCUT2D eigenvalue weighted by molar-refractivity contribution is 7.92. The molecule has 1 unspecified atom stereocenters. The number of aryl methyl sites for hydroxylation is 1. The fourth-order valence-corrected chi connectivity index (χ4v) is 6.12. The average Bonchev–Trinajstić information content (AvgIpc) is 3.51. The maximum atomic E-state index is 13.1. The van der Waals surface area contributed by atoms with E-state index in [4.69, 9.17) is 4.74 Å². The normalized spacial score (nSPS) is 19.1. The number of aromatic nitrogens is 1. The van der Waals surface area contributed by atoms with Crippen LogP contribution < -0.4 is 5.32 Å². The van der Waals surface area contributed by atoms with Gasteiger partial charge in [0.2, 0.25) is 5.91 Å². The summed E-state index contributed by atoms with van der Waals surface area (Å²) in [6, 6.07) is 6.90. The second-order valence-corrected chi connectivity index (χ2v) is 11.0. The lowest BCUT2D eigenvalue weighted by Gasteiger charge is -2.26. The Morgan fingerprint density at radius 3 is 2.48 bits per heavy atom. The minimum Gasteiger partial charge on any atom is -0.381 e. The second kappa shape index (κ2) is 8.53. The van der Waals surface area contributed by atoms with Crippen molar-refractivity contribution in [1.29, 1.82) is 0 Å². The van der Waals surface area contributed by atoms with Crippen molar-refractivity contribution >= 4 is 32.2 Å². The Morgan fingerprint density at radius 2 is 1.90 bits per heavy atom. The van der Waals surface area contributed by atoms with E-state index in [-0.39, 0.29) is 17.1 Å². The number of ether oxygens (including phenoxy) is 1. The van der Waals surface area contributed by atoms with Crippen molar-refractivity contribution < 1.29 is 17.9 Å². The molecule has 4 rings (SSSR count). The molecule has 2 aromatic rings. The zero-order valence-electron chi connectivity index (χ0n) is 16.5. The standard InChI is InChI=1S/C21H26N2O4S2/c1-14-13-28-21(22-14)23-20(24)19(12-15-8-10-27-11-9-15)16-2-4-17(5-3-16)29(25,26)18-6-7-18/h2-5,13,15,18-19H,6-12H2,1H3,(H,22,23,24). The molecule has 29 heavy (non-hydrogen) atoms. The van der Waals surface area contributed by atoms with Crippen LogP contribution in [-0.2, 0) is 19.4 Å². The molecule has 6 nitrogen and oxygen atoms in total. The van der Waals surface area contributed by atoms with Crippen LogP contribution in [0.1, 0.15) is 49.3 Å². The number of carbonyl (C=O) groups excluding carboxylic acids is 1. The molecule has 1 saturated heterocycles. The SMILES string of the molecule is Cc1csc(NC(=O)C(CC2CCOCC2)c2ccc(S(=O)(=O)C3CC3)cc2)n1. The summed E-state index contributed by atoms with van der Waals surface area (Å²) < 4.78 is 30.4. The predicted molar refractivity (Wildman–Crippen MR) is 113 cm³/mol. The van der Waals surface area contributed by atoms with Gasteiger partial charge in [-0.05, 0) is 62.6 Å². The van der Waals surface area contributed by atoms with Gasteiger partial charge in [-0.15, -0.1) is 11.3 Å². The molecular weight excluding hydrogens is 408 g/mol. The summed E-state index contributed by atoms with van der Waals surface area (Å²) in [5, 5.41) is 5.21. The quantitative estimate of drug-likeness (QED) is 0.714. The van der Waals surface area contributed by atoms with E-state index in [0.29, 0.717) is 22.4 Å². The Labute approximate surface area is 175 Å². The molecule has 1 aliphatic carbocycles. The van der Waals surface area contributed by atoms with Crippen LogP contribution in [0.5, 0.6) is 0 Å². The van der Waals surface area contributed by atoms with Crippen LogP contribution in [0.4, 0.5) is 5.13 Å². The molecule has 1 amide bonds. The van der Waals surface area contributed by atoms with Crippen LogP contribution in [0.3, 0.4) is 0 Å². The summed E-state index contributed by atoms with van der Waals surface area (Å²) in [7, 11) is -3.23. The largest absolute Gasteiger partial charge is 0.381 e. The monoisotopic (exact) mass is 434 g/mol. The van der Waals surface area contributed by atoms with Gasteiger partial charge in [0, 0.05) is 18.6 Å². The van der Waals surface area contributed by atoms with Gasteiger partial charge >= 0.3 is 0 Å². The van der Waals surface area contributed by atoms with Crippen molar-refractivity contribution in [3.63, 3.8) is 0 Å². The first-order chi connectivity index (χ1) is 13.9. The zero-order valence-corrected chi connectivity index (χ0v) is 18.1. The predicted octanol–water partition coefficient (Wildman–Crippen LogP) is 3.93. The van der Waals surface area contributed by atoms with Gasteiger partial charge in [-0.25, -0.2) is 13.4 Å². The molecule has 0 radical (unpaired) electrons. The Kier molecular flexibility index (Phi) is 6.03. The van der Waals surface area contributed by atoms with Crippen LogP contribution in [-0.4, -0.2) is 37.8 Å². The number of nitrogens with one attached hydrogen (secondary N) is 1. The van der Waals surface area contributed by atoms with E-state index in [2.05, 4.69) is 10.3 Å². The number of hydrogen-bond acceptors (Lipinski definition) is 6. The molecule has 1 saturated carbocycles. The van der Waals surface area contributed by atoms with Crippen LogP contribution in [0.15, 0.2) is 34.5 Å². The third-order valence-electron chi connectivity index (χ3n) is 5.65. The van der Waals surface area contributed by atoms with E-state index < -0.39 is 9.84 Å². The molecule has 1 aromatic heterocycles. The van der Waals surface area contributed by atoms with Crippen molar-refractivity contribution in [3.05, 3.63) is 40.9 Å². The molecular formula is C21H26N2O4S2. The van der Waals surface area contributed by atoms with Crippen LogP contribution in [0, 0.1) is 12.8 Å². The van der Waals surface area contributed by atoms with Crippen molar-refractivity contribution in [2.24, 2.45) is 5.92 Å². The van der Waals surface area contributed by atoms with E-state index in [9.17, 15) is 13.2 Å². The molecule has 1 aliphatic heterocycles. The molecule has 0 bridgehead atoms. The number of amides is 1. The molecule has 2 heterocycles. The molecule has 1 N–H and O–H groups in total. The van der Waals surface area contributed by atoms with E-state index in [0.717, 1.165) is 50.2 Å². The van der Waals surface area contributed by atoms with Crippen molar-refractivity contribution in [1.82, 2.24) is 4.98 Å². The topological polar surface area (TPSA) is 85.4 Å². The lowest BCUT2D eigenvalue weighted by Crippen LogP contribution is -2.26. The van der Waals surface area contributed by atoms with E-state index >= 15 is 0 Å². The number of anilines is 1. The van der Waals surface area contributed by atoms with Gasteiger partial charge in [0.15, 0.2) is 15.0 Å². The van der Waals surface area contributed by atoms with Gasteiger partial charge < -0.3 is 10.1 Å². The first kappa shape index (κ1) is 20.5. The number of nitrogens with zero attached hydrogens (tertiary/aromatic N) is 1. The van der Waals surface area contributed by atoms with Crippen molar-refractivity contribution in [3.8, 4) is 0 Å². The summed E-state index contributed by atoms with van der Waals surface area (Å²) in [6.07, 6.45) is 4.08. The van der Waals surface area contributed by atoms with Crippen LogP contribution in [0.25, 0.3) is 0 Å². The third-order valence-corrected chi connectivity index (χ3v) is 8.80. The summed E-state index contributed by atoms with van der Waals surface area (Å²) in [6.45, 7) is 3.34. The number of hydrogen-bond donors (Lipinski definition) is 1. The van der Waals surface area contributed by atoms with Gasteiger partial charge in [-0.3, -0.25) is 4.79 Å². The Balaban J connectivity index is 1.55. The summed E-state index contributed by atoms with van der Waals surface area (Å²) in [4.78, 5) is 17.8. The maximum absolute atomic E-state index is 13.1. The van der Waals surface area contributed by atoms with Gasteiger partial charge in [-0.2, -0.15) is 0 Å². The molecule has 156 valence electrons. The molecule has 2 aliphatic rings. The van der Waals surface area contributed by atoms with Gasteiger partial charge in [-0.1, -0.05) is 12.1 Å². The Bertz CT molecular complexity index is 959.